The molecule has 3 unspecified atom stereocenters. The summed E-state index contributed by atoms with van der Waals surface area (Å²) in [6, 6.07) is 13.7. The molecule has 2 fully saturated rings. The topological polar surface area (TPSA) is 79.3 Å². The molecule has 0 radical (unpaired) electrons. The highest BCUT2D eigenvalue weighted by molar-refractivity contribution is 5.92. The van der Waals surface area contributed by atoms with Crippen molar-refractivity contribution in [3.05, 3.63) is 64.1 Å². The molecule has 2 N–H and O–H groups in total. The highest BCUT2D eigenvalue weighted by Gasteiger charge is 2.37. The normalized spacial score (nSPS) is 25.5. The van der Waals surface area contributed by atoms with Crippen LogP contribution in [0.3, 0.4) is 0 Å². The Morgan fingerprint density at radius 2 is 2.00 bits per heavy atom. The number of benzene rings is 1. The largest absolute Gasteiger partial charge is 0.337 e. The smallest absolute Gasteiger partial charge is 0.274 e. The molecule has 4 rings (SSSR count). The number of rotatable bonds is 3. The Balaban J connectivity index is 1.50. The molecule has 2 aliphatic heterocycles. The van der Waals surface area contributed by atoms with Crippen LogP contribution in [0.2, 0.25) is 0 Å². The lowest BCUT2D eigenvalue weighted by molar-refractivity contribution is 0.0636. The van der Waals surface area contributed by atoms with Crippen LogP contribution in [0.25, 0.3) is 0 Å². The van der Waals surface area contributed by atoms with Gasteiger partial charge in [0, 0.05) is 44.7 Å². The van der Waals surface area contributed by atoms with Crippen LogP contribution in [0, 0.1) is 5.92 Å². The maximum absolute atomic E-state index is 12.9. The predicted octanol–water partition coefficient (Wildman–Crippen LogP) is 0.893. The third kappa shape index (κ3) is 3.65. The molecular formula is C20H25N5O2. The minimum Gasteiger partial charge on any atom is -0.337 e. The fourth-order valence-corrected chi connectivity index (χ4v) is 4.25. The number of amides is 1. The first-order valence-corrected chi connectivity index (χ1v) is 9.50. The van der Waals surface area contributed by atoms with E-state index in [9.17, 15) is 9.59 Å². The number of nitrogens with zero attached hydrogens (tertiary/aromatic N) is 3. The van der Waals surface area contributed by atoms with Gasteiger partial charge in [-0.15, -0.1) is 0 Å². The number of carbonyl (C=O) groups is 1. The van der Waals surface area contributed by atoms with Crippen molar-refractivity contribution in [2.24, 2.45) is 13.0 Å². The number of piperidine rings is 1. The van der Waals surface area contributed by atoms with Gasteiger partial charge in [0.15, 0.2) is 0 Å². The van der Waals surface area contributed by atoms with Gasteiger partial charge < -0.3 is 4.90 Å². The van der Waals surface area contributed by atoms with E-state index in [2.05, 4.69) is 40.2 Å². The highest BCUT2D eigenvalue weighted by Crippen LogP contribution is 2.31. The first-order valence-electron chi connectivity index (χ1n) is 9.50. The van der Waals surface area contributed by atoms with E-state index >= 15 is 0 Å². The van der Waals surface area contributed by atoms with E-state index < -0.39 is 0 Å². The molecule has 27 heavy (non-hydrogen) atoms. The van der Waals surface area contributed by atoms with Crippen molar-refractivity contribution >= 4 is 5.91 Å². The van der Waals surface area contributed by atoms with Crippen molar-refractivity contribution in [1.82, 2.24) is 25.5 Å². The second kappa shape index (κ2) is 7.62. The Morgan fingerprint density at radius 1 is 1.19 bits per heavy atom. The molecule has 7 heteroatoms. The van der Waals surface area contributed by atoms with E-state index in [1.165, 1.54) is 22.4 Å². The molecule has 7 nitrogen and oxygen atoms in total. The lowest BCUT2D eigenvalue weighted by Crippen LogP contribution is -2.48. The average Bonchev–Trinajstić information content (AvgIpc) is 3.20. The number of nitrogens with one attached hydrogen (secondary N) is 2. The molecule has 0 spiro atoms. The molecule has 1 amide bonds. The molecule has 0 bridgehead atoms. The Hall–Kier alpha value is -2.51. The summed E-state index contributed by atoms with van der Waals surface area (Å²) in [6.45, 7) is 2.32. The van der Waals surface area contributed by atoms with Gasteiger partial charge in [0.05, 0.1) is 0 Å². The van der Waals surface area contributed by atoms with E-state index in [0.717, 1.165) is 25.9 Å². The summed E-state index contributed by atoms with van der Waals surface area (Å²) >= 11 is 0. The summed E-state index contributed by atoms with van der Waals surface area (Å²) in [5, 5.41) is 4.12. The molecular weight excluding hydrogens is 342 g/mol. The van der Waals surface area contributed by atoms with E-state index in [4.69, 9.17) is 0 Å². The summed E-state index contributed by atoms with van der Waals surface area (Å²) in [5.41, 5.74) is 8.18. The monoisotopic (exact) mass is 367 g/mol. The van der Waals surface area contributed by atoms with Crippen molar-refractivity contribution < 1.29 is 4.79 Å². The summed E-state index contributed by atoms with van der Waals surface area (Å²) in [7, 11) is 1.57. The lowest BCUT2D eigenvalue weighted by atomic mass is 9.81. The van der Waals surface area contributed by atoms with Crippen molar-refractivity contribution in [3.63, 3.8) is 0 Å². The molecule has 3 heterocycles. The van der Waals surface area contributed by atoms with Crippen LogP contribution >= 0.6 is 0 Å². The van der Waals surface area contributed by atoms with Crippen LogP contribution in [0.5, 0.6) is 0 Å². The van der Waals surface area contributed by atoms with Gasteiger partial charge in [-0.3, -0.25) is 20.4 Å². The van der Waals surface area contributed by atoms with Gasteiger partial charge in [0.25, 0.3) is 11.5 Å². The number of likely N-dealkylation sites (tertiary alicyclic amines) is 1. The van der Waals surface area contributed by atoms with Crippen LogP contribution in [-0.2, 0) is 7.05 Å². The number of carbonyl (C=O) groups excluding carboxylic acids is 1. The zero-order chi connectivity index (χ0) is 18.8. The number of hydrogen-bond acceptors (Lipinski definition) is 5. The second-order valence-corrected chi connectivity index (χ2v) is 7.40. The molecule has 1 aromatic heterocycles. The SMILES string of the molecule is Cn1nc(C(=O)N2CCCC(C3NNCC3c3ccccc3)C2)ccc1=O. The third-order valence-corrected chi connectivity index (χ3v) is 5.68. The van der Waals surface area contributed by atoms with Crippen molar-refractivity contribution in [2.45, 2.75) is 24.8 Å². The fraction of sp³-hybridized carbons (Fsp3) is 0.450. The van der Waals surface area contributed by atoms with Gasteiger partial charge in [-0.25, -0.2) is 4.68 Å². The average molecular weight is 367 g/mol. The Morgan fingerprint density at radius 3 is 2.78 bits per heavy atom. The zero-order valence-corrected chi connectivity index (χ0v) is 15.5. The standard InChI is InChI=1S/C20H25N5O2/c1-24-18(26)10-9-17(23-24)20(27)25-11-5-8-15(13-25)19-16(12-21-22-19)14-6-3-2-4-7-14/h2-4,6-7,9-10,15-16,19,21-22H,5,8,11-13H2,1H3. The number of hydrogen-bond donors (Lipinski definition) is 2. The number of aryl methyl sites for hydroxylation is 1. The van der Waals surface area contributed by atoms with Crippen LogP contribution in [0.4, 0.5) is 0 Å². The maximum Gasteiger partial charge on any atom is 0.274 e. The first-order chi connectivity index (χ1) is 13.1. The van der Waals surface area contributed by atoms with Crippen LogP contribution in [0.1, 0.15) is 34.8 Å². The molecule has 2 aliphatic rings. The van der Waals surface area contributed by atoms with Crippen LogP contribution in [-0.4, -0.2) is 46.3 Å². The van der Waals surface area contributed by atoms with Gasteiger partial charge in [-0.05, 0) is 30.4 Å². The zero-order valence-electron chi connectivity index (χ0n) is 15.5. The van der Waals surface area contributed by atoms with E-state index in [-0.39, 0.29) is 17.5 Å². The van der Waals surface area contributed by atoms with Gasteiger partial charge in [-0.1, -0.05) is 30.3 Å². The quantitative estimate of drug-likeness (QED) is 0.842. The molecule has 3 atom stereocenters. The van der Waals surface area contributed by atoms with Crippen LogP contribution < -0.4 is 16.4 Å². The first kappa shape index (κ1) is 17.9. The summed E-state index contributed by atoms with van der Waals surface area (Å²) in [6.07, 6.45) is 2.06. The van der Waals surface area contributed by atoms with E-state index in [0.29, 0.717) is 24.1 Å². The second-order valence-electron chi connectivity index (χ2n) is 7.40. The molecule has 0 saturated carbocycles. The van der Waals surface area contributed by atoms with Crippen molar-refractivity contribution in [1.29, 1.82) is 0 Å². The summed E-state index contributed by atoms with van der Waals surface area (Å²) in [4.78, 5) is 26.3. The number of hydrazine groups is 1. The van der Waals surface area contributed by atoms with E-state index in [1.807, 2.05) is 11.0 Å². The maximum atomic E-state index is 12.9. The predicted molar refractivity (Wildman–Crippen MR) is 102 cm³/mol. The van der Waals surface area contributed by atoms with Crippen LogP contribution in [0.15, 0.2) is 47.3 Å². The fourth-order valence-electron chi connectivity index (χ4n) is 4.25. The Kier molecular flexibility index (Phi) is 5.05. The van der Waals surface area contributed by atoms with Gasteiger partial charge in [0.2, 0.25) is 0 Å². The Labute approximate surface area is 158 Å². The molecule has 1 aromatic carbocycles. The molecule has 142 valence electrons. The highest BCUT2D eigenvalue weighted by atomic mass is 16.2. The Bertz CT molecular complexity index is 866. The van der Waals surface area contributed by atoms with Crippen molar-refractivity contribution in [2.75, 3.05) is 19.6 Å². The molecule has 2 aromatic rings. The minimum absolute atomic E-state index is 0.0995. The molecule has 2 saturated heterocycles. The third-order valence-electron chi connectivity index (χ3n) is 5.68. The number of aromatic nitrogens is 2. The minimum atomic E-state index is -0.213. The summed E-state index contributed by atoms with van der Waals surface area (Å²) in [5.74, 6) is 0.662. The van der Waals surface area contributed by atoms with Gasteiger partial charge in [0.1, 0.15) is 5.69 Å². The molecule has 0 aliphatic carbocycles. The summed E-state index contributed by atoms with van der Waals surface area (Å²) < 4.78 is 1.21. The van der Waals surface area contributed by atoms with Gasteiger partial charge >= 0.3 is 0 Å². The van der Waals surface area contributed by atoms with E-state index in [1.54, 1.807) is 7.05 Å². The lowest BCUT2D eigenvalue weighted by Gasteiger charge is -2.37. The van der Waals surface area contributed by atoms with Gasteiger partial charge in [-0.2, -0.15) is 5.10 Å². The van der Waals surface area contributed by atoms with Crippen molar-refractivity contribution in [3.8, 4) is 0 Å².